The van der Waals surface area contributed by atoms with E-state index in [4.69, 9.17) is 9.72 Å². The zero-order valence-corrected chi connectivity index (χ0v) is 18.9. The van der Waals surface area contributed by atoms with E-state index >= 15 is 0 Å². The van der Waals surface area contributed by atoms with Gasteiger partial charge in [-0.05, 0) is 23.8 Å². The molecule has 3 aromatic carbocycles. The lowest BCUT2D eigenvalue weighted by Crippen LogP contribution is -2.43. The molecule has 7 nitrogen and oxygen atoms in total. The third kappa shape index (κ3) is 4.93. The maximum atomic E-state index is 11.2. The van der Waals surface area contributed by atoms with Crippen molar-refractivity contribution in [3.63, 3.8) is 0 Å². The van der Waals surface area contributed by atoms with Crippen molar-refractivity contribution in [2.45, 2.75) is 17.8 Å². The first-order valence-electron chi connectivity index (χ1n) is 10.9. The Morgan fingerprint density at radius 2 is 1.82 bits per heavy atom. The molecule has 5 rings (SSSR count). The summed E-state index contributed by atoms with van der Waals surface area (Å²) in [6.07, 6.45) is 0.0887. The fraction of sp³-hybridized carbons (Fsp3) is 0.240. The van der Waals surface area contributed by atoms with Crippen LogP contribution >= 0.6 is 11.8 Å². The first-order valence-corrected chi connectivity index (χ1v) is 11.9. The van der Waals surface area contributed by atoms with Crippen molar-refractivity contribution in [1.82, 2.24) is 14.5 Å². The van der Waals surface area contributed by atoms with Crippen molar-refractivity contribution in [1.29, 1.82) is 0 Å². The zero-order chi connectivity index (χ0) is 22.6. The summed E-state index contributed by atoms with van der Waals surface area (Å²) >= 11 is 1.63. The highest BCUT2D eigenvalue weighted by Gasteiger charge is 2.23. The third-order valence-electron chi connectivity index (χ3n) is 5.70. The molecule has 1 fully saturated rings. The van der Waals surface area contributed by atoms with E-state index in [1.165, 1.54) is 17.7 Å². The molecule has 1 aliphatic heterocycles. The monoisotopic (exact) mass is 460 g/mol. The Labute approximate surface area is 196 Å². The predicted octanol–water partition coefficient (Wildman–Crippen LogP) is 4.93. The van der Waals surface area contributed by atoms with Crippen LogP contribution in [0.4, 0.5) is 5.69 Å². The average molecular weight is 461 g/mol. The number of fused-ring (bicyclic) bond motifs is 1. The molecule has 8 heteroatoms. The number of hydrogen-bond donors (Lipinski definition) is 0. The summed E-state index contributed by atoms with van der Waals surface area (Å²) < 4.78 is 8.11. The topological polar surface area (TPSA) is 73.4 Å². The largest absolute Gasteiger partial charge is 0.375 e. The van der Waals surface area contributed by atoms with Crippen LogP contribution in [0.2, 0.25) is 0 Å². The second-order valence-corrected chi connectivity index (χ2v) is 9.01. The fourth-order valence-corrected chi connectivity index (χ4v) is 5.15. The molecule has 0 aliphatic carbocycles. The summed E-state index contributed by atoms with van der Waals surface area (Å²) in [6.45, 7) is 3.40. The van der Waals surface area contributed by atoms with E-state index in [2.05, 4.69) is 33.7 Å². The van der Waals surface area contributed by atoms with Gasteiger partial charge < -0.3 is 4.74 Å². The van der Waals surface area contributed by atoms with Crippen LogP contribution in [-0.4, -0.2) is 50.9 Å². The van der Waals surface area contributed by atoms with Crippen molar-refractivity contribution in [2.24, 2.45) is 0 Å². The van der Waals surface area contributed by atoms with Crippen molar-refractivity contribution >= 4 is 28.5 Å². The normalized spacial score (nSPS) is 16.8. The molecule has 0 spiro atoms. The first kappa shape index (κ1) is 21.6. The van der Waals surface area contributed by atoms with Crippen LogP contribution in [0.1, 0.15) is 5.56 Å². The lowest BCUT2D eigenvalue weighted by atomic mass is 10.2. The number of nitro groups is 1. The Hall–Kier alpha value is -3.20. The molecule has 0 N–H and O–H groups in total. The highest BCUT2D eigenvalue weighted by molar-refractivity contribution is 7.99. The number of ether oxygens (including phenoxy) is 1. The molecule has 0 amide bonds. The minimum Gasteiger partial charge on any atom is -0.375 e. The van der Waals surface area contributed by atoms with Gasteiger partial charge in [-0.3, -0.25) is 19.6 Å². The highest BCUT2D eigenvalue weighted by Crippen LogP contribution is 2.31. The summed E-state index contributed by atoms with van der Waals surface area (Å²) in [5.41, 5.74) is 3.80. The first-order chi connectivity index (χ1) is 16.2. The molecule has 1 aromatic heterocycles. The zero-order valence-electron chi connectivity index (χ0n) is 18.0. The minimum atomic E-state index is -0.384. The Kier molecular flexibility index (Phi) is 6.39. The van der Waals surface area contributed by atoms with Crippen LogP contribution in [0.3, 0.4) is 0 Å². The van der Waals surface area contributed by atoms with Gasteiger partial charge in [0.1, 0.15) is 0 Å². The Morgan fingerprint density at radius 3 is 2.58 bits per heavy atom. The number of rotatable bonds is 7. The molecule has 0 saturated carbocycles. The maximum absolute atomic E-state index is 11.2. The van der Waals surface area contributed by atoms with Crippen LogP contribution < -0.4 is 0 Å². The molecule has 1 aliphatic rings. The Balaban J connectivity index is 1.36. The summed E-state index contributed by atoms with van der Waals surface area (Å²) in [4.78, 5) is 18.0. The van der Waals surface area contributed by atoms with Crippen molar-refractivity contribution < 1.29 is 9.66 Å². The van der Waals surface area contributed by atoms with E-state index in [0.29, 0.717) is 12.1 Å². The molecule has 1 saturated heterocycles. The maximum Gasteiger partial charge on any atom is 0.271 e. The van der Waals surface area contributed by atoms with E-state index < -0.39 is 0 Å². The lowest BCUT2D eigenvalue weighted by Gasteiger charge is -2.32. The molecule has 2 heterocycles. The predicted molar refractivity (Wildman–Crippen MR) is 130 cm³/mol. The smallest absolute Gasteiger partial charge is 0.271 e. The second-order valence-electron chi connectivity index (χ2n) is 8.02. The molecule has 168 valence electrons. The third-order valence-corrected chi connectivity index (χ3v) is 6.77. The van der Waals surface area contributed by atoms with Crippen molar-refractivity contribution in [3.8, 4) is 5.69 Å². The fourth-order valence-electron chi connectivity index (χ4n) is 4.12. The number of hydrogen-bond acceptors (Lipinski definition) is 6. The minimum absolute atomic E-state index is 0.0453. The number of non-ortho nitro benzene ring substituents is 1. The molecule has 1 unspecified atom stereocenters. The van der Waals surface area contributed by atoms with Gasteiger partial charge in [0.25, 0.3) is 5.69 Å². The van der Waals surface area contributed by atoms with Gasteiger partial charge in [-0.2, -0.15) is 0 Å². The van der Waals surface area contributed by atoms with E-state index in [0.717, 1.165) is 41.7 Å². The van der Waals surface area contributed by atoms with Gasteiger partial charge in [-0.15, -0.1) is 0 Å². The quantitative estimate of drug-likeness (QED) is 0.221. The van der Waals surface area contributed by atoms with E-state index in [9.17, 15) is 10.1 Å². The number of morpholine rings is 1. The Morgan fingerprint density at radius 1 is 1.06 bits per heavy atom. The molecule has 33 heavy (non-hydrogen) atoms. The number of imidazole rings is 1. The number of para-hydroxylation sites is 1. The van der Waals surface area contributed by atoms with Gasteiger partial charge in [0.2, 0.25) is 0 Å². The van der Waals surface area contributed by atoms with Gasteiger partial charge >= 0.3 is 0 Å². The van der Waals surface area contributed by atoms with Gasteiger partial charge in [0, 0.05) is 43.2 Å². The van der Waals surface area contributed by atoms with E-state index in [-0.39, 0.29) is 16.7 Å². The van der Waals surface area contributed by atoms with Crippen molar-refractivity contribution in [3.05, 3.63) is 94.5 Å². The Bertz CT molecular complexity index is 1250. The molecule has 0 bridgehead atoms. The molecule has 1 atom stereocenters. The van der Waals surface area contributed by atoms with Gasteiger partial charge in [0.05, 0.1) is 28.7 Å². The highest BCUT2D eigenvalue weighted by atomic mass is 32.2. The van der Waals surface area contributed by atoms with Gasteiger partial charge in [-0.1, -0.05) is 60.3 Å². The number of aromatic nitrogens is 2. The average Bonchev–Trinajstić information content (AvgIpc) is 3.22. The second kappa shape index (κ2) is 9.74. The molecule has 0 radical (unpaired) electrons. The van der Waals surface area contributed by atoms with Crippen molar-refractivity contribution in [2.75, 3.05) is 25.4 Å². The lowest BCUT2D eigenvalue weighted by molar-refractivity contribution is -0.384. The molecular formula is C25H24N4O3S. The van der Waals surface area contributed by atoms with Crippen LogP contribution in [-0.2, 0) is 11.3 Å². The summed E-state index contributed by atoms with van der Waals surface area (Å²) in [5, 5.41) is 12.1. The number of benzene rings is 3. The standard InChI is InChI=1S/C25H24N4O3S/c30-29(31)21-11-12-24-23(15-21)26-25(28(24)20-9-5-2-6-10-20)33-18-22-17-27(13-14-32-22)16-19-7-3-1-4-8-19/h1-12,15,22H,13-14,16-18H2. The summed E-state index contributed by atoms with van der Waals surface area (Å²) in [6, 6.07) is 25.3. The number of nitrogens with zero attached hydrogens (tertiary/aromatic N) is 4. The number of nitro benzene ring substituents is 1. The van der Waals surface area contributed by atoms with Crippen LogP contribution in [0, 0.1) is 10.1 Å². The summed E-state index contributed by atoms with van der Waals surface area (Å²) in [5.74, 6) is 0.754. The molecular weight excluding hydrogens is 436 g/mol. The summed E-state index contributed by atoms with van der Waals surface area (Å²) in [7, 11) is 0. The van der Waals surface area contributed by atoms with Gasteiger partial charge in [-0.25, -0.2) is 4.98 Å². The van der Waals surface area contributed by atoms with Crippen LogP contribution in [0.5, 0.6) is 0 Å². The van der Waals surface area contributed by atoms with E-state index in [1.807, 2.05) is 36.4 Å². The van der Waals surface area contributed by atoms with E-state index in [1.54, 1.807) is 17.8 Å². The van der Waals surface area contributed by atoms with Crippen LogP contribution in [0.15, 0.2) is 84.0 Å². The van der Waals surface area contributed by atoms with Crippen LogP contribution in [0.25, 0.3) is 16.7 Å². The molecule has 4 aromatic rings. The SMILES string of the molecule is O=[N+]([O-])c1ccc2c(c1)nc(SCC1CN(Cc3ccccc3)CCO1)n2-c1ccccc1. The van der Waals surface area contributed by atoms with Gasteiger partial charge in [0.15, 0.2) is 5.16 Å². The number of thioether (sulfide) groups is 1.